The van der Waals surface area contributed by atoms with Crippen molar-refractivity contribution in [3.63, 3.8) is 0 Å². The number of amides is 2. The zero-order chi connectivity index (χ0) is 36.9. The molecule has 0 aromatic heterocycles. The molecular formula is C39H59N3O7. The van der Waals surface area contributed by atoms with Gasteiger partial charge in [-0.25, -0.2) is 0 Å². The number of nitrogens with one attached hydrogen (secondary N) is 2. The van der Waals surface area contributed by atoms with Crippen molar-refractivity contribution in [3.8, 4) is 5.75 Å². The first-order chi connectivity index (χ1) is 22.7. The molecule has 0 bridgehead atoms. The molecule has 1 aliphatic rings. The Morgan fingerprint density at radius 3 is 2.33 bits per heavy atom. The van der Waals surface area contributed by atoms with Gasteiger partial charge in [-0.15, -0.1) is 0 Å². The van der Waals surface area contributed by atoms with Crippen molar-refractivity contribution < 1.29 is 34.4 Å². The third kappa shape index (κ3) is 10.4. The Bertz CT molecular complexity index is 1490. The second kappa shape index (κ2) is 16.2. The predicted octanol–water partition coefficient (Wildman–Crippen LogP) is 4.44. The number of aliphatic hydroxyl groups is 3. The van der Waals surface area contributed by atoms with Crippen molar-refractivity contribution in [3.05, 3.63) is 69.8 Å². The monoisotopic (exact) mass is 681 g/mol. The third-order valence-corrected chi connectivity index (χ3v) is 9.42. The van der Waals surface area contributed by atoms with Crippen LogP contribution in [0, 0.1) is 12.3 Å². The molecule has 7 N–H and O–H groups in total. The Morgan fingerprint density at radius 2 is 1.76 bits per heavy atom. The molecular weight excluding hydrogens is 622 g/mol. The average molecular weight is 682 g/mol. The van der Waals surface area contributed by atoms with Crippen LogP contribution in [-0.4, -0.2) is 76.8 Å². The highest BCUT2D eigenvalue weighted by atomic mass is 16.5. The number of methoxy groups -OCH3 is 1. The lowest BCUT2D eigenvalue weighted by Crippen LogP contribution is -2.59. The third-order valence-electron chi connectivity index (χ3n) is 9.42. The number of aryl methyl sites for hydroxylation is 1. The maximum Gasteiger partial charge on any atom is 0.245 e. The minimum atomic E-state index is -1.16. The maximum absolute atomic E-state index is 13.3. The van der Waals surface area contributed by atoms with Gasteiger partial charge >= 0.3 is 0 Å². The van der Waals surface area contributed by atoms with Gasteiger partial charge < -0.3 is 41.2 Å². The standard InChI is InChI=1S/C39H59N3O7/c1-11-23(2)29-20-32(48-10)30(34-33(45)31(44)19-28(21-43)49-34)18-27(29)17-26-13-12-25(16-24(26)3)14-15-37(4,5)35(46)42-39(8,9)36(47)41-22-38(6,7)40/h12-16,18,20,23,28,31,33-34,43-45H,11,17,19,21-22,40H2,1-10H3,(H,41,47)(H,42,46). The number of nitrogens with two attached hydrogens (primary N) is 1. The van der Waals surface area contributed by atoms with E-state index in [1.807, 2.05) is 58.0 Å². The van der Waals surface area contributed by atoms with Crippen LogP contribution in [0.1, 0.15) is 114 Å². The Morgan fingerprint density at radius 1 is 1.08 bits per heavy atom. The van der Waals surface area contributed by atoms with E-state index >= 15 is 0 Å². The van der Waals surface area contributed by atoms with Gasteiger partial charge in [0.25, 0.3) is 0 Å². The van der Waals surface area contributed by atoms with E-state index in [1.165, 1.54) is 0 Å². The largest absolute Gasteiger partial charge is 0.496 e. The van der Waals surface area contributed by atoms with Crippen LogP contribution in [-0.2, 0) is 20.7 Å². The Labute approximate surface area is 292 Å². The topological polar surface area (TPSA) is 163 Å². The Hall–Kier alpha value is -3.28. The van der Waals surface area contributed by atoms with Crippen molar-refractivity contribution in [2.24, 2.45) is 11.1 Å². The summed E-state index contributed by atoms with van der Waals surface area (Å²) in [4.78, 5) is 26.0. The molecule has 0 saturated carbocycles. The van der Waals surface area contributed by atoms with Crippen LogP contribution >= 0.6 is 0 Å². The molecule has 10 nitrogen and oxygen atoms in total. The Kier molecular flexibility index (Phi) is 13.2. The number of benzene rings is 2. The molecule has 272 valence electrons. The van der Waals surface area contributed by atoms with E-state index in [4.69, 9.17) is 15.2 Å². The zero-order valence-corrected chi connectivity index (χ0v) is 31.0. The van der Waals surface area contributed by atoms with Crippen LogP contribution in [0.2, 0.25) is 0 Å². The highest BCUT2D eigenvalue weighted by Crippen LogP contribution is 2.40. The summed E-state index contributed by atoms with van der Waals surface area (Å²) < 4.78 is 11.8. The number of ether oxygens (including phenoxy) is 2. The first kappa shape index (κ1) is 40.2. The maximum atomic E-state index is 13.3. The fourth-order valence-corrected chi connectivity index (χ4v) is 5.86. The second-order valence-corrected chi connectivity index (χ2v) is 15.4. The van der Waals surface area contributed by atoms with E-state index in [2.05, 4.69) is 43.5 Å². The minimum Gasteiger partial charge on any atom is -0.496 e. The molecule has 5 atom stereocenters. The van der Waals surface area contributed by atoms with Gasteiger partial charge in [-0.05, 0) is 107 Å². The van der Waals surface area contributed by atoms with Crippen molar-refractivity contribution in [1.82, 2.24) is 10.6 Å². The summed E-state index contributed by atoms with van der Waals surface area (Å²) in [6.45, 7) is 17.0. The number of rotatable bonds is 14. The van der Waals surface area contributed by atoms with E-state index in [0.29, 0.717) is 17.7 Å². The molecule has 1 fully saturated rings. The van der Waals surface area contributed by atoms with Crippen LogP contribution < -0.4 is 21.1 Å². The molecule has 0 aliphatic carbocycles. The number of aliphatic hydroxyl groups excluding tert-OH is 3. The Balaban J connectivity index is 1.86. The molecule has 1 aliphatic heterocycles. The molecule has 1 heterocycles. The fourth-order valence-electron chi connectivity index (χ4n) is 5.86. The first-order valence-corrected chi connectivity index (χ1v) is 17.2. The number of hydrogen-bond donors (Lipinski definition) is 6. The molecule has 10 heteroatoms. The highest BCUT2D eigenvalue weighted by molar-refractivity contribution is 5.93. The molecule has 1 saturated heterocycles. The summed E-state index contributed by atoms with van der Waals surface area (Å²) >= 11 is 0. The predicted molar refractivity (Wildman–Crippen MR) is 193 cm³/mol. The van der Waals surface area contributed by atoms with Crippen LogP contribution in [0.4, 0.5) is 0 Å². The summed E-state index contributed by atoms with van der Waals surface area (Å²) in [5.41, 5.74) is 9.36. The molecule has 3 rings (SSSR count). The number of carbonyl (C=O) groups excluding carboxylic acids is 2. The SMILES string of the molecule is CCC(C)c1cc(OC)c(C2OC(CO)CC(O)C2O)cc1Cc1ccc(C=CC(C)(C)C(=O)NC(C)(C)C(=O)NCC(C)(C)N)cc1C. The smallest absolute Gasteiger partial charge is 0.245 e. The molecule has 49 heavy (non-hydrogen) atoms. The van der Waals surface area contributed by atoms with Crippen molar-refractivity contribution in [2.45, 2.75) is 123 Å². The molecule has 2 aromatic carbocycles. The molecule has 2 aromatic rings. The van der Waals surface area contributed by atoms with Gasteiger partial charge in [0.1, 0.15) is 23.5 Å². The lowest BCUT2D eigenvalue weighted by Gasteiger charge is -2.37. The van der Waals surface area contributed by atoms with E-state index < -0.39 is 40.9 Å². The van der Waals surface area contributed by atoms with Crippen molar-refractivity contribution in [1.29, 1.82) is 0 Å². The number of carbonyl (C=O) groups is 2. The summed E-state index contributed by atoms with van der Waals surface area (Å²) in [6.07, 6.45) is 1.81. The van der Waals surface area contributed by atoms with Crippen LogP contribution in [0.3, 0.4) is 0 Å². The molecule has 0 radical (unpaired) electrons. The van der Waals surface area contributed by atoms with Gasteiger partial charge in [0.2, 0.25) is 11.8 Å². The molecule has 0 spiro atoms. The normalized spacial score (nSPS) is 21.0. The van der Waals surface area contributed by atoms with Gasteiger partial charge in [0.05, 0.1) is 31.3 Å². The quantitative estimate of drug-likeness (QED) is 0.171. The molecule has 5 unspecified atom stereocenters. The van der Waals surface area contributed by atoms with E-state index in [0.717, 1.165) is 34.2 Å². The van der Waals surface area contributed by atoms with Gasteiger partial charge in [-0.1, -0.05) is 44.2 Å². The highest BCUT2D eigenvalue weighted by Gasteiger charge is 2.39. The van der Waals surface area contributed by atoms with Crippen molar-refractivity contribution in [2.75, 3.05) is 20.3 Å². The van der Waals surface area contributed by atoms with Gasteiger partial charge in [0.15, 0.2) is 0 Å². The average Bonchev–Trinajstić information content (AvgIpc) is 3.03. The second-order valence-electron chi connectivity index (χ2n) is 15.4. The first-order valence-electron chi connectivity index (χ1n) is 17.2. The van der Waals surface area contributed by atoms with E-state index in [1.54, 1.807) is 21.0 Å². The summed E-state index contributed by atoms with van der Waals surface area (Å²) in [5, 5.41) is 36.9. The lowest BCUT2D eigenvalue weighted by atomic mass is 9.85. The van der Waals surface area contributed by atoms with E-state index in [-0.39, 0.29) is 37.3 Å². The number of hydrogen-bond acceptors (Lipinski definition) is 8. The van der Waals surface area contributed by atoms with Crippen molar-refractivity contribution >= 4 is 17.9 Å². The summed E-state index contributed by atoms with van der Waals surface area (Å²) in [7, 11) is 1.58. The zero-order valence-electron chi connectivity index (χ0n) is 31.0. The van der Waals surface area contributed by atoms with Crippen LogP contribution in [0.15, 0.2) is 36.4 Å². The molecule has 2 amide bonds. The lowest BCUT2D eigenvalue weighted by molar-refractivity contribution is -0.180. The fraction of sp³-hybridized carbons (Fsp3) is 0.590. The minimum absolute atomic E-state index is 0.152. The summed E-state index contributed by atoms with van der Waals surface area (Å²) in [6, 6.07) is 10.2. The summed E-state index contributed by atoms with van der Waals surface area (Å²) in [5.74, 6) is 0.230. The van der Waals surface area contributed by atoms with Gasteiger partial charge in [-0.2, -0.15) is 0 Å². The van der Waals surface area contributed by atoms with Gasteiger partial charge in [-0.3, -0.25) is 9.59 Å². The van der Waals surface area contributed by atoms with Gasteiger partial charge in [0, 0.05) is 24.1 Å². The van der Waals surface area contributed by atoms with Crippen LogP contribution in [0.25, 0.3) is 6.08 Å². The van der Waals surface area contributed by atoms with E-state index in [9.17, 15) is 24.9 Å². The van der Waals surface area contributed by atoms with Crippen LogP contribution in [0.5, 0.6) is 5.75 Å².